The maximum atomic E-state index is 12.8. The van der Waals surface area contributed by atoms with Gasteiger partial charge in [-0.15, -0.1) is 0 Å². The van der Waals surface area contributed by atoms with Crippen molar-refractivity contribution in [2.75, 3.05) is 6.54 Å². The number of carbonyl (C=O) groups excluding carboxylic acids is 1. The van der Waals surface area contributed by atoms with Gasteiger partial charge in [-0.3, -0.25) is 4.79 Å². The topological polar surface area (TPSA) is 37.6 Å². The van der Waals surface area contributed by atoms with Gasteiger partial charge in [-0.25, -0.2) is 4.98 Å². The summed E-state index contributed by atoms with van der Waals surface area (Å²) in [6.45, 7) is 3.96. The van der Waals surface area contributed by atoms with Gasteiger partial charge in [0.05, 0.1) is 5.56 Å². The fraction of sp³-hybridized carbons (Fsp3) is 0.467. The number of aromatic nitrogens is 2. The van der Waals surface area contributed by atoms with Crippen LogP contribution >= 0.6 is 0 Å². The summed E-state index contributed by atoms with van der Waals surface area (Å²) in [4.78, 5) is 17.4. The monoisotopic (exact) mass is 313 g/mol. The molecule has 0 aliphatic heterocycles. The lowest BCUT2D eigenvalue weighted by Crippen LogP contribution is -2.46. The summed E-state index contributed by atoms with van der Waals surface area (Å²) in [6.07, 6.45) is 0.277. The number of hydrogen-bond donors (Lipinski definition) is 0. The van der Waals surface area contributed by atoms with Gasteiger partial charge < -0.3 is 9.30 Å². The molecule has 0 saturated carbocycles. The molecular weight excluding hydrogens is 295 g/mol. The van der Waals surface area contributed by atoms with Gasteiger partial charge in [-0.2, -0.15) is 13.2 Å². The van der Waals surface area contributed by atoms with Gasteiger partial charge in [0, 0.05) is 24.6 Å². The number of pyridine rings is 1. The summed E-state index contributed by atoms with van der Waals surface area (Å²) in [5.74, 6) is -0.711. The van der Waals surface area contributed by atoms with E-state index in [0.29, 0.717) is 5.65 Å². The number of amides is 1. The van der Waals surface area contributed by atoms with Crippen LogP contribution < -0.4 is 0 Å². The first-order chi connectivity index (χ1) is 10.2. The van der Waals surface area contributed by atoms with E-state index in [1.54, 1.807) is 43.6 Å². The molecule has 0 saturated heterocycles. The van der Waals surface area contributed by atoms with Crippen LogP contribution in [0.4, 0.5) is 13.2 Å². The molecule has 0 aromatic carbocycles. The number of hydrogen-bond acceptors (Lipinski definition) is 2. The smallest absolute Gasteiger partial charge is 0.327 e. The third-order valence-corrected chi connectivity index (χ3v) is 3.70. The van der Waals surface area contributed by atoms with E-state index in [-0.39, 0.29) is 11.5 Å². The highest BCUT2D eigenvalue weighted by Gasteiger charge is 2.36. The maximum absolute atomic E-state index is 12.8. The Morgan fingerprint density at radius 3 is 2.59 bits per heavy atom. The van der Waals surface area contributed by atoms with Crippen LogP contribution in [0.15, 0.2) is 30.7 Å². The Bertz CT molecular complexity index is 663. The van der Waals surface area contributed by atoms with Crippen molar-refractivity contribution in [3.63, 3.8) is 0 Å². The van der Waals surface area contributed by atoms with Gasteiger partial charge in [0.25, 0.3) is 5.91 Å². The summed E-state index contributed by atoms with van der Waals surface area (Å²) >= 11 is 0. The van der Waals surface area contributed by atoms with E-state index < -0.39 is 24.7 Å². The van der Waals surface area contributed by atoms with Crippen molar-refractivity contribution in [2.24, 2.45) is 5.92 Å². The molecule has 2 aromatic rings. The van der Waals surface area contributed by atoms with Gasteiger partial charge in [-0.05, 0) is 25.0 Å². The van der Waals surface area contributed by atoms with Crippen molar-refractivity contribution in [3.8, 4) is 0 Å². The zero-order valence-electron chi connectivity index (χ0n) is 12.6. The van der Waals surface area contributed by atoms with Crippen LogP contribution in [0.3, 0.4) is 0 Å². The summed E-state index contributed by atoms with van der Waals surface area (Å²) < 4.78 is 40.0. The van der Waals surface area contributed by atoms with Crippen molar-refractivity contribution in [2.45, 2.75) is 33.0 Å². The maximum Gasteiger partial charge on any atom is 0.406 e. The summed E-state index contributed by atoms with van der Waals surface area (Å²) in [5, 5.41) is 0. The standard InChI is InChI=1S/C15H18F3N3O/c1-10(2)11(3)21(9-15(16,17)18)14(22)12-4-5-13-19-6-7-20(13)8-12/h4-8,10-11H,9H2,1-3H3/t11-/m1/s1. The number of rotatable bonds is 4. The van der Waals surface area contributed by atoms with Crippen molar-refractivity contribution in [3.05, 3.63) is 36.3 Å². The summed E-state index contributed by atoms with van der Waals surface area (Å²) in [6, 6.07) is 2.59. The van der Waals surface area contributed by atoms with Gasteiger partial charge in [-0.1, -0.05) is 13.8 Å². The fourth-order valence-electron chi connectivity index (χ4n) is 2.17. The van der Waals surface area contributed by atoms with Crippen molar-refractivity contribution in [1.82, 2.24) is 14.3 Å². The second-order valence-electron chi connectivity index (χ2n) is 5.64. The molecule has 7 heteroatoms. The van der Waals surface area contributed by atoms with Gasteiger partial charge in [0.1, 0.15) is 12.2 Å². The quantitative estimate of drug-likeness (QED) is 0.868. The molecule has 1 amide bonds. The predicted octanol–water partition coefficient (Wildman–Crippen LogP) is 3.38. The number of nitrogens with zero attached hydrogens (tertiary/aromatic N) is 3. The largest absolute Gasteiger partial charge is 0.406 e. The molecule has 0 aliphatic rings. The van der Waals surface area contributed by atoms with E-state index in [4.69, 9.17) is 0 Å². The fourth-order valence-corrected chi connectivity index (χ4v) is 2.17. The van der Waals surface area contributed by atoms with Crippen molar-refractivity contribution in [1.29, 1.82) is 0 Å². The minimum absolute atomic E-state index is 0.0803. The highest BCUT2D eigenvalue weighted by atomic mass is 19.4. The van der Waals surface area contributed by atoms with Crippen LogP contribution in [0, 0.1) is 5.92 Å². The molecule has 0 radical (unpaired) electrons. The number of imidazole rings is 1. The van der Waals surface area contributed by atoms with E-state index >= 15 is 0 Å². The lowest BCUT2D eigenvalue weighted by atomic mass is 10.0. The molecule has 4 nitrogen and oxygen atoms in total. The second kappa shape index (κ2) is 5.98. The Morgan fingerprint density at radius 2 is 2.00 bits per heavy atom. The van der Waals surface area contributed by atoms with Crippen LogP contribution in [0.25, 0.3) is 5.65 Å². The Balaban J connectivity index is 2.34. The first kappa shape index (κ1) is 16.3. The van der Waals surface area contributed by atoms with Gasteiger partial charge >= 0.3 is 6.18 Å². The lowest BCUT2D eigenvalue weighted by Gasteiger charge is -2.32. The third kappa shape index (κ3) is 3.58. The Kier molecular flexibility index (Phi) is 4.44. The highest BCUT2D eigenvalue weighted by Crippen LogP contribution is 2.22. The first-order valence-electron chi connectivity index (χ1n) is 6.99. The third-order valence-electron chi connectivity index (χ3n) is 3.70. The second-order valence-corrected chi connectivity index (χ2v) is 5.64. The Labute approximate surface area is 126 Å². The van der Waals surface area contributed by atoms with Crippen molar-refractivity contribution >= 4 is 11.6 Å². The zero-order chi connectivity index (χ0) is 16.5. The number of carbonyl (C=O) groups is 1. The molecule has 0 unspecified atom stereocenters. The van der Waals surface area contributed by atoms with Crippen LogP contribution in [-0.4, -0.2) is 39.0 Å². The van der Waals surface area contributed by atoms with Crippen LogP contribution in [0.1, 0.15) is 31.1 Å². The predicted molar refractivity (Wildman–Crippen MR) is 76.6 cm³/mol. The van der Waals surface area contributed by atoms with Gasteiger partial charge in [0.15, 0.2) is 0 Å². The number of halogens is 3. The molecule has 0 aliphatic carbocycles. The molecule has 0 bridgehead atoms. The summed E-state index contributed by atoms with van der Waals surface area (Å²) in [5.41, 5.74) is 0.845. The first-order valence-corrected chi connectivity index (χ1v) is 6.99. The molecule has 2 heterocycles. The van der Waals surface area contributed by atoms with E-state index in [1.807, 2.05) is 0 Å². The average molecular weight is 313 g/mol. The molecular formula is C15H18F3N3O. The van der Waals surface area contributed by atoms with Crippen LogP contribution in [-0.2, 0) is 0 Å². The molecule has 1 atom stereocenters. The van der Waals surface area contributed by atoms with E-state index in [0.717, 1.165) is 4.90 Å². The Morgan fingerprint density at radius 1 is 1.32 bits per heavy atom. The lowest BCUT2D eigenvalue weighted by molar-refractivity contribution is -0.145. The Hall–Kier alpha value is -2.05. The van der Waals surface area contributed by atoms with Crippen LogP contribution in [0.2, 0.25) is 0 Å². The molecule has 0 fully saturated rings. The van der Waals surface area contributed by atoms with Crippen molar-refractivity contribution < 1.29 is 18.0 Å². The normalized spacial score (nSPS) is 13.6. The summed E-state index contributed by atoms with van der Waals surface area (Å²) in [7, 11) is 0. The van der Waals surface area contributed by atoms with E-state index in [2.05, 4.69) is 4.98 Å². The molecule has 22 heavy (non-hydrogen) atoms. The minimum Gasteiger partial charge on any atom is -0.327 e. The van der Waals surface area contributed by atoms with E-state index in [1.165, 1.54) is 12.3 Å². The van der Waals surface area contributed by atoms with Gasteiger partial charge in [0.2, 0.25) is 0 Å². The zero-order valence-corrected chi connectivity index (χ0v) is 12.6. The molecule has 120 valence electrons. The SMILES string of the molecule is CC(C)[C@@H](C)N(CC(F)(F)F)C(=O)c1ccc2nccn2c1. The molecule has 0 N–H and O–H groups in total. The molecule has 2 rings (SSSR count). The molecule has 2 aromatic heterocycles. The number of fused-ring (bicyclic) bond motifs is 1. The average Bonchev–Trinajstić information content (AvgIpc) is 2.89. The van der Waals surface area contributed by atoms with Crippen LogP contribution in [0.5, 0.6) is 0 Å². The number of alkyl halides is 3. The highest BCUT2D eigenvalue weighted by molar-refractivity contribution is 5.94. The minimum atomic E-state index is -4.43. The van der Waals surface area contributed by atoms with E-state index in [9.17, 15) is 18.0 Å². The molecule has 0 spiro atoms.